The SMILES string of the molecule is CCCc1nsc(N(CCCN)c2ccccc2)n1. The van der Waals surface area contributed by atoms with Crippen molar-refractivity contribution in [3.63, 3.8) is 0 Å². The molecule has 0 atom stereocenters. The van der Waals surface area contributed by atoms with Crippen molar-refractivity contribution in [3.8, 4) is 0 Å². The summed E-state index contributed by atoms with van der Waals surface area (Å²) in [7, 11) is 0. The van der Waals surface area contributed by atoms with Gasteiger partial charge in [0.25, 0.3) is 0 Å². The van der Waals surface area contributed by atoms with Crippen molar-refractivity contribution in [1.82, 2.24) is 9.36 Å². The zero-order chi connectivity index (χ0) is 13.5. The number of aromatic nitrogens is 2. The third-order valence-corrected chi connectivity index (χ3v) is 3.59. The molecule has 0 fully saturated rings. The first kappa shape index (κ1) is 14.0. The Morgan fingerprint density at radius 3 is 2.74 bits per heavy atom. The number of rotatable bonds is 7. The van der Waals surface area contributed by atoms with E-state index < -0.39 is 0 Å². The molecule has 0 bridgehead atoms. The van der Waals surface area contributed by atoms with E-state index in [2.05, 4.69) is 33.3 Å². The van der Waals surface area contributed by atoms with E-state index in [-0.39, 0.29) is 0 Å². The molecule has 2 rings (SSSR count). The Morgan fingerprint density at radius 2 is 2.05 bits per heavy atom. The fraction of sp³-hybridized carbons (Fsp3) is 0.429. The number of para-hydroxylation sites is 1. The quantitative estimate of drug-likeness (QED) is 0.844. The molecule has 0 radical (unpaired) electrons. The zero-order valence-electron chi connectivity index (χ0n) is 11.2. The van der Waals surface area contributed by atoms with Crippen molar-refractivity contribution >= 4 is 22.4 Å². The van der Waals surface area contributed by atoms with Gasteiger partial charge in [-0.25, -0.2) is 4.98 Å². The molecule has 0 aliphatic rings. The Kier molecular flexibility index (Phi) is 5.30. The monoisotopic (exact) mass is 276 g/mol. The van der Waals surface area contributed by atoms with E-state index in [1.54, 1.807) is 0 Å². The summed E-state index contributed by atoms with van der Waals surface area (Å²) < 4.78 is 4.42. The molecule has 0 unspecified atom stereocenters. The normalized spacial score (nSPS) is 10.6. The summed E-state index contributed by atoms with van der Waals surface area (Å²) in [6.45, 7) is 3.70. The van der Waals surface area contributed by atoms with Crippen LogP contribution >= 0.6 is 11.5 Å². The molecule has 2 N–H and O–H groups in total. The van der Waals surface area contributed by atoms with Gasteiger partial charge in [0, 0.05) is 30.2 Å². The standard InChI is InChI=1S/C14H20N4S/c1-2-7-13-16-14(19-17-13)18(11-6-10-15)12-8-4-3-5-9-12/h3-5,8-9H,2,6-7,10-11,15H2,1H3. The third-order valence-electron chi connectivity index (χ3n) is 2.82. The van der Waals surface area contributed by atoms with Crippen LogP contribution in [0.25, 0.3) is 0 Å². The Balaban J connectivity index is 2.21. The van der Waals surface area contributed by atoms with Gasteiger partial charge in [0.2, 0.25) is 5.13 Å². The van der Waals surface area contributed by atoms with E-state index >= 15 is 0 Å². The topological polar surface area (TPSA) is 55.0 Å². The number of hydrogen-bond acceptors (Lipinski definition) is 5. The van der Waals surface area contributed by atoms with Crippen LogP contribution in [-0.4, -0.2) is 22.4 Å². The average molecular weight is 276 g/mol. The summed E-state index contributed by atoms with van der Waals surface area (Å²) in [4.78, 5) is 6.82. The molecular formula is C14H20N4S. The van der Waals surface area contributed by atoms with Gasteiger partial charge in [-0.2, -0.15) is 4.37 Å². The molecule has 19 heavy (non-hydrogen) atoms. The second-order valence-electron chi connectivity index (χ2n) is 4.37. The van der Waals surface area contributed by atoms with Gasteiger partial charge in [-0.1, -0.05) is 25.1 Å². The Morgan fingerprint density at radius 1 is 1.26 bits per heavy atom. The molecule has 0 saturated heterocycles. The fourth-order valence-electron chi connectivity index (χ4n) is 1.87. The second-order valence-corrected chi connectivity index (χ2v) is 5.10. The number of nitrogens with zero attached hydrogens (tertiary/aromatic N) is 3. The summed E-state index contributed by atoms with van der Waals surface area (Å²) in [6.07, 6.45) is 2.96. The predicted octanol–water partition coefficient (Wildman–Crippen LogP) is 2.98. The maximum Gasteiger partial charge on any atom is 0.209 e. The lowest BCUT2D eigenvalue weighted by atomic mass is 10.3. The minimum atomic E-state index is 0.684. The summed E-state index contributed by atoms with van der Waals surface area (Å²) in [5.41, 5.74) is 6.77. The minimum absolute atomic E-state index is 0.684. The number of benzene rings is 1. The Hall–Kier alpha value is -1.46. The predicted molar refractivity (Wildman–Crippen MR) is 81.0 cm³/mol. The first-order valence-electron chi connectivity index (χ1n) is 6.70. The Bertz CT molecular complexity index is 483. The smallest absolute Gasteiger partial charge is 0.209 e. The molecule has 0 saturated carbocycles. The van der Waals surface area contributed by atoms with Crippen LogP contribution in [-0.2, 0) is 6.42 Å². The summed E-state index contributed by atoms with van der Waals surface area (Å²) in [5, 5.41) is 0.961. The lowest BCUT2D eigenvalue weighted by Gasteiger charge is -2.21. The number of aryl methyl sites for hydroxylation is 1. The summed E-state index contributed by atoms with van der Waals surface area (Å²) in [6, 6.07) is 10.3. The largest absolute Gasteiger partial charge is 0.330 e. The van der Waals surface area contributed by atoms with Crippen molar-refractivity contribution in [2.45, 2.75) is 26.2 Å². The van der Waals surface area contributed by atoms with E-state index in [0.29, 0.717) is 6.54 Å². The molecule has 102 valence electrons. The third kappa shape index (κ3) is 3.75. The minimum Gasteiger partial charge on any atom is -0.330 e. The lowest BCUT2D eigenvalue weighted by Crippen LogP contribution is -2.20. The number of hydrogen-bond donors (Lipinski definition) is 1. The van der Waals surface area contributed by atoms with Crippen LogP contribution < -0.4 is 10.6 Å². The van der Waals surface area contributed by atoms with E-state index in [1.165, 1.54) is 11.5 Å². The first-order valence-corrected chi connectivity index (χ1v) is 7.47. The van der Waals surface area contributed by atoms with Gasteiger partial charge in [-0.15, -0.1) is 0 Å². The number of nitrogens with two attached hydrogens (primary N) is 1. The molecule has 1 aromatic heterocycles. The highest BCUT2D eigenvalue weighted by Crippen LogP contribution is 2.27. The van der Waals surface area contributed by atoms with Crippen molar-refractivity contribution < 1.29 is 0 Å². The summed E-state index contributed by atoms with van der Waals surface area (Å²) >= 11 is 1.47. The highest BCUT2D eigenvalue weighted by atomic mass is 32.1. The van der Waals surface area contributed by atoms with Crippen LogP contribution in [0.5, 0.6) is 0 Å². The van der Waals surface area contributed by atoms with Crippen LogP contribution in [0.2, 0.25) is 0 Å². The van der Waals surface area contributed by atoms with Crippen LogP contribution in [0, 0.1) is 0 Å². The molecule has 0 spiro atoms. The fourth-order valence-corrected chi connectivity index (χ4v) is 2.63. The molecule has 1 aromatic carbocycles. The zero-order valence-corrected chi connectivity index (χ0v) is 12.1. The van der Waals surface area contributed by atoms with Crippen LogP contribution in [0.1, 0.15) is 25.6 Å². The van der Waals surface area contributed by atoms with Gasteiger partial charge in [0.1, 0.15) is 5.82 Å². The van der Waals surface area contributed by atoms with Gasteiger partial charge >= 0.3 is 0 Å². The van der Waals surface area contributed by atoms with Crippen LogP contribution in [0.3, 0.4) is 0 Å². The van der Waals surface area contributed by atoms with Crippen LogP contribution in [0.15, 0.2) is 30.3 Å². The van der Waals surface area contributed by atoms with Gasteiger partial charge in [-0.3, -0.25) is 0 Å². The Labute approximate surface area is 118 Å². The first-order chi connectivity index (χ1) is 9.35. The molecule has 0 aliphatic carbocycles. The molecule has 5 heteroatoms. The van der Waals surface area contributed by atoms with E-state index in [9.17, 15) is 0 Å². The lowest BCUT2D eigenvalue weighted by molar-refractivity contribution is 0.808. The van der Waals surface area contributed by atoms with E-state index in [4.69, 9.17) is 5.73 Å². The van der Waals surface area contributed by atoms with Gasteiger partial charge in [0.15, 0.2) is 0 Å². The maximum atomic E-state index is 5.63. The molecule has 0 aliphatic heterocycles. The highest BCUT2D eigenvalue weighted by molar-refractivity contribution is 7.09. The van der Waals surface area contributed by atoms with Crippen molar-refractivity contribution in [3.05, 3.63) is 36.2 Å². The molecule has 0 amide bonds. The van der Waals surface area contributed by atoms with Crippen molar-refractivity contribution in [2.75, 3.05) is 18.0 Å². The van der Waals surface area contributed by atoms with Gasteiger partial charge < -0.3 is 10.6 Å². The van der Waals surface area contributed by atoms with Crippen molar-refractivity contribution in [1.29, 1.82) is 0 Å². The average Bonchev–Trinajstić information content (AvgIpc) is 2.89. The summed E-state index contributed by atoms with van der Waals surface area (Å²) in [5.74, 6) is 0.941. The molecular weight excluding hydrogens is 256 g/mol. The van der Waals surface area contributed by atoms with Crippen LogP contribution in [0.4, 0.5) is 10.8 Å². The highest BCUT2D eigenvalue weighted by Gasteiger charge is 2.13. The maximum absolute atomic E-state index is 5.63. The van der Waals surface area contributed by atoms with E-state index in [0.717, 1.165) is 42.5 Å². The molecule has 1 heterocycles. The molecule has 2 aromatic rings. The van der Waals surface area contributed by atoms with Gasteiger partial charge in [0.05, 0.1) is 0 Å². The number of anilines is 2. The second kappa shape index (κ2) is 7.21. The van der Waals surface area contributed by atoms with E-state index in [1.807, 2.05) is 18.2 Å². The van der Waals surface area contributed by atoms with Gasteiger partial charge in [-0.05, 0) is 31.5 Å². The molecule has 4 nitrogen and oxygen atoms in total. The van der Waals surface area contributed by atoms with Crippen molar-refractivity contribution in [2.24, 2.45) is 5.73 Å².